The highest BCUT2D eigenvalue weighted by molar-refractivity contribution is 9.13. The van der Waals surface area contributed by atoms with Gasteiger partial charge in [-0.25, -0.2) is 0 Å². The van der Waals surface area contributed by atoms with Crippen molar-refractivity contribution in [3.8, 4) is 0 Å². The molecule has 0 saturated heterocycles. The van der Waals surface area contributed by atoms with Crippen molar-refractivity contribution in [2.75, 3.05) is 6.54 Å². The first-order chi connectivity index (χ1) is 9.52. The van der Waals surface area contributed by atoms with Crippen LogP contribution in [0.4, 0.5) is 0 Å². The summed E-state index contributed by atoms with van der Waals surface area (Å²) in [5.74, 6) is 0.576. The van der Waals surface area contributed by atoms with Crippen molar-refractivity contribution in [3.63, 3.8) is 0 Å². The quantitative estimate of drug-likeness (QED) is 0.621. The smallest absolute Gasteiger partial charge is 0.0843 e. The van der Waals surface area contributed by atoms with Gasteiger partial charge in [0.1, 0.15) is 0 Å². The van der Waals surface area contributed by atoms with Crippen LogP contribution in [0.3, 0.4) is 0 Å². The molecule has 0 spiro atoms. The van der Waals surface area contributed by atoms with E-state index in [1.807, 2.05) is 0 Å². The highest BCUT2D eigenvalue weighted by Crippen LogP contribution is 2.37. The highest BCUT2D eigenvalue weighted by atomic mass is 79.9. The number of halogens is 2. The van der Waals surface area contributed by atoms with Gasteiger partial charge >= 0.3 is 0 Å². The Morgan fingerprint density at radius 3 is 2.15 bits per heavy atom. The largest absolute Gasteiger partial charge is 0.306 e. The average Bonchev–Trinajstić information content (AvgIpc) is 2.76. The van der Waals surface area contributed by atoms with Gasteiger partial charge in [-0.1, -0.05) is 45.0 Å². The minimum atomic E-state index is 0.258. The zero-order valence-corrected chi connectivity index (χ0v) is 15.9. The summed E-state index contributed by atoms with van der Waals surface area (Å²) in [6.07, 6.45) is 0. The van der Waals surface area contributed by atoms with E-state index in [9.17, 15) is 0 Å². The molecular weight excluding hydrogens is 398 g/mol. The maximum atomic E-state index is 3.58. The molecule has 1 atom stereocenters. The Balaban J connectivity index is 2.32. The minimum Gasteiger partial charge on any atom is -0.306 e. The molecule has 1 aromatic carbocycles. The summed E-state index contributed by atoms with van der Waals surface area (Å²) >= 11 is 8.93. The lowest BCUT2D eigenvalue weighted by atomic mass is 9.98. The van der Waals surface area contributed by atoms with E-state index in [0.29, 0.717) is 5.92 Å². The zero-order chi connectivity index (χ0) is 14.7. The van der Waals surface area contributed by atoms with Crippen molar-refractivity contribution >= 4 is 43.2 Å². The average molecular weight is 417 g/mol. The van der Waals surface area contributed by atoms with Gasteiger partial charge in [0.25, 0.3) is 0 Å². The van der Waals surface area contributed by atoms with E-state index in [2.05, 4.69) is 88.3 Å². The predicted molar refractivity (Wildman–Crippen MR) is 95.8 cm³/mol. The third-order valence-corrected chi connectivity index (χ3v) is 6.61. The fourth-order valence-corrected chi connectivity index (χ4v) is 4.36. The van der Waals surface area contributed by atoms with Gasteiger partial charge in [-0.05, 0) is 61.5 Å². The Morgan fingerprint density at radius 1 is 1.10 bits per heavy atom. The molecule has 0 amide bonds. The van der Waals surface area contributed by atoms with Crippen molar-refractivity contribution in [2.45, 2.75) is 32.7 Å². The molecule has 0 aliphatic rings. The Bertz CT molecular complexity index is 541. The van der Waals surface area contributed by atoms with Gasteiger partial charge in [-0.15, -0.1) is 11.3 Å². The summed E-state index contributed by atoms with van der Waals surface area (Å²) in [5, 5.41) is 3.57. The van der Waals surface area contributed by atoms with Crippen molar-refractivity contribution in [2.24, 2.45) is 0 Å². The van der Waals surface area contributed by atoms with Crippen LogP contribution in [0.15, 0.2) is 38.6 Å². The number of rotatable bonds is 5. The maximum absolute atomic E-state index is 3.58. The van der Waals surface area contributed by atoms with Crippen molar-refractivity contribution in [3.05, 3.63) is 54.6 Å². The summed E-state index contributed by atoms with van der Waals surface area (Å²) in [6, 6.07) is 11.4. The second-order valence-electron chi connectivity index (χ2n) is 5.08. The van der Waals surface area contributed by atoms with Crippen LogP contribution in [0, 0.1) is 0 Å². The molecule has 108 valence electrons. The van der Waals surface area contributed by atoms with Crippen LogP contribution in [-0.4, -0.2) is 6.54 Å². The fraction of sp³-hybridized carbons (Fsp3) is 0.375. The summed E-state index contributed by atoms with van der Waals surface area (Å²) in [4.78, 5) is 1.32. The van der Waals surface area contributed by atoms with Crippen LogP contribution in [0.5, 0.6) is 0 Å². The van der Waals surface area contributed by atoms with Gasteiger partial charge in [-0.3, -0.25) is 0 Å². The van der Waals surface area contributed by atoms with Crippen LogP contribution in [0.25, 0.3) is 0 Å². The lowest BCUT2D eigenvalue weighted by molar-refractivity contribution is 0.639. The van der Waals surface area contributed by atoms with Crippen LogP contribution in [0.1, 0.15) is 48.7 Å². The van der Waals surface area contributed by atoms with Gasteiger partial charge in [0.2, 0.25) is 0 Å². The van der Waals surface area contributed by atoms with Crippen molar-refractivity contribution < 1.29 is 0 Å². The summed E-state index contributed by atoms with van der Waals surface area (Å²) in [7, 11) is 0. The van der Waals surface area contributed by atoms with E-state index >= 15 is 0 Å². The Morgan fingerprint density at radius 2 is 1.70 bits per heavy atom. The Labute approximate surface area is 142 Å². The second kappa shape index (κ2) is 7.21. The molecule has 0 bridgehead atoms. The van der Waals surface area contributed by atoms with E-state index in [0.717, 1.165) is 14.8 Å². The standard InChI is InChI=1S/C16H19Br2NS/c1-4-19-15(14-9-13(17)16(18)20-14)12-7-5-11(6-8-12)10(2)3/h5-10,15,19H,4H2,1-3H3. The molecule has 0 aliphatic carbocycles. The van der Waals surface area contributed by atoms with Gasteiger partial charge in [0, 0.05) is 9.35 Å². The summed E-state index contributed by atoms with van der Waals surface area (Å²) < 4.78 is 2.27. The first-order valence-corrected chi connectivity index (χ1v) is 9.21. The molecule has 1 unspecified atom stereocenters. The van der Waals surface area contributed by atoms with Crippen LogP contribution >= 0.6 is 43.2 Å². The number of nitrogens with one attached hydrogen (secondary N) is 1. The molecular formula is C16H19Br2NS. The van der Waals surface area contributed by atoms with E-state index in [-0.39, 0.29) is 6.04 Å². The second-order valence-corrected chi connectivity index (χ2v) is 8.34. The van der Waals surface area contributed by atoms with E-state index in [1.165, 1.54) is 16.0 Å². The Kier molecular flexibility index (Phi) is 5.84. The fourth-order valence-electron chi connectivity index (χ4n) is 2.17. The number of thiophene rings is 1. The van der Waals surface area contributed by atoms with Crippen LogP contribution < -0.4 is 5.32 Å². The third-order valence-electron chi connectivity index (χ3n) is 3.29. The lowest BCUT2D eigenvalue weighted by Gasteiger charge is -2.18. The molecule has 0 fully saturated rings. The molecule has 1 N–H and O–H groups in total. The number of benzene rings is 1. The molecule has 1 nitrogen and oxygen atoms in total. The van der Waals surface area contributed by atoms with Crippen molar-refractivity contribution in [1.29, 1.82) is 0 Å². The monoisotopic (exact) mass is 415 g/mol. The first kappa shape index (κ1) is 16.2. The summed E-state index contributed by atoms with van der Waals surface area (Å²) in [5.41, 5.74) is 2.70. The number of hydrogen-bond acceptors (Lipinski definition) is 2. The SMILES string of the molecule is CCNC(c1ccc(C(C)C)cc1)c1cc(Br)c(Br)s1. The van der Waals surface area contributed by atoms with Gasteiger partial charge in [-0.2, -0.15) is 0 Å². The first-order valence-electron chi connectivity index (χ1n) is 6.80. The van der Waals surface area contributed by atoms with Crippen LogP contribution in [0.2, 0.25) is 0 Å². The van der Waals surface area contributed by atoms with E-state index in [4.69, 9.17) is 0 Å². The zero-order valence-electron chi connectivity index (χ0n) is 11.9. The van der Waals surface area contributed by atoms with Crippen molar-refractivity contribution in [1.82, 2.24) is 5.32 Å². The lowest BCUT2D eigenvalue weighted by Crippen LogP contribution is -2.21. The molecule has 2 aromatic rings. The van der Waals surface area contributed by atoms with Gasteiger partial charge in [0.15, 0.2) is 0 Å². The molecule has 1 heterocycles. The van der Waals surface area contributed by atoms with Gasteiger partial charge in [0.05, 0.1) is 9.83 Å². The van der Waals surface area contributed by atoms with Gasteiger partial charge < -0.3 is 5.32 Å². The van der Waals surface area contributed by atoms with E-state index in [1.54, 1.807) is 11.3 Å². The molecule has 0 saturated carbocycles. The topological polar surface area (TPSA) is 12.0 Å². The highest BCUT2D eigenvalue weighted by Gasteiger charge is 2.17. The normalized spacial score (nSPS) is 12.9. The molecule has 2 rings (SSSR count). The van der Waals surface area contributed by atoms with E-state index < -0.39 is 0 Å². The molecule has 1 aromatic heterocycles. The molecule has 0 aliphatic heterocycles. The maximum Gasteiger partial charge on any atom is 0.0843 e. The number of hydrogen-bond donors (Lipinski definition) is 1. The van der Waals surface area contributed by atoms with Crippen LogP contribution in [-0.2, 0) is 0 Å². The third kappa shape index (κ3) is 3.73. The summed E-state index contributed by atoms with van der Waals surface area (Å²) in [6.45, 7) is 7.55. The predicted octanol–water partition coefficient (Wildman–Crippen LogP) is 6.10. The molecule has 4 heteroatoms. The molecule has 0 radical (unpaired) electrons. The minimum absolute atomic E-state index is 0.258. The molecule has 20 heavy (non-hydrogen) atoms. The Hall–Kier alpha value is -0.160.